The molecule has 0 aliphatic carbocycles. The highest BCUT2D eigenvalue weighted by molar-refractivity contribution is 7.91. The molecule has 2 aromatic rings. The molecular weight excluding hydrogens is 468 g/mol. The number of ether oxygens (including phenoxy) is 3. The number of sulfone groups is 1. The number of carbonyl (C=O) groups is 1. The van der Waals surface area contributed by atoms with Crippen LogP contribution < -0.4 is 14.2 Å². The molecule has 8 nitrogen and oxygen atoms in total. The topological polar surface area (TPSA) is 85.4 Å². The van der Waals surface area contributed by atoms with Gasteiger partial charge in [0.05, 0.1) is 10.6 Å². The summed E-state index contributed by atoms with van der Waals surface area (Å²) in [6, 6.07) is 11.8. The second-order valence-corrected chi connectivity index (χ2v) is 10.4. The summed E-state index contributed by atoms with van der Waals surface area (Å²) < 4.78 is 42.1. The van der Waals surface area contributed by atoms with E-state index in [0.717, 1.165) is 25.4 Å². The molecule has 10 heteroatoms. The van der Waals surface area contributed by atoms with Crippen molar-refractivity contribution in [1.29, 1.82) is 0 Å². The lowest BCUT2D eigenvalue weighted by Crippen LogP contribution is -2.49. The van der Waals surface area contributed by atoms with Crippen LogP contribution in [0.1, 0.15) is 6.42 Å². The fourth-order valence-corrected chi connectivity index (χ4v) is 5.13. The van der Waals surface area contributed by atoms with Gasteiger partial charge in [0.1, 0.15) is 25.6 Å². The molecule has 33 heavy (non-hydrogen) atoms. The van der Waals surface area contributed by atoms with Crippen LogP contribution in [0.5, 0.6) is 17.2 Å². The molecule has 0 N–H and O–H groups in total. The van der Waals surface area contributed by atoms with Gasteiger partial charge >= 0.3 is 0 Å². The number of hydrogen-bond acceptors (Lipinski definition) is 7. The summed E-state index contributed by atoms with van der Waals surface area (Å²) >= 11 is 5.87. The smallest absolute Gasteiger partial charge is 0.223 e. The zero-order valence-corrected chi connectivity index (χ0v) is 19.8. The van der Waals surface area contributed by atoms with Crippen molar-refractivity contribution in [2.45, 2.75) is 11.3 Å². The Balaban J connectivity index is 1.20. The van der Waals surface area contributed by atoms with Crippen LogP contribution in [-0.2, 0) is 14.6 Å². The number of halogens is 1. The van der Waals surface area contributed by atoms with E-state index in [1.165, 1.54) is 12.1 Å². The third-order valence-corrected chi connectivity index (χ3v) is 7.64. The summed E-state index contributed by atoms with van der Waals surface area (Å²) in [6.45, 7) is 4.72. The van der Waals surface area contributed by atoms with Crippen molar-refractivity contribution < 1.29 is 27.4 Å². The summed E-state index contributed by atoms with van der Waals surface area (Å²) in [5.41, 5.74) is 0. The third kappa shape index (κ3) is 6.31. The van der Waals surface area contributed by atoms with Gasteiger partial charge in [-0.05, 0) is 36.4 Å². The molecule has 0 atom stereocenters. The lowest BCUT2D eigenvalue weighted by atomic mass is 10.3. The van der Waals surface area contributed by atoms with E-state index in [2.05, 4.69) is 4.90 Å². The van der Waals surface area contributed by atoms with E-state index in [0.29, 0.717) is 49.4 Å². The van der Waals surface area contributed by atoms with Crippen LogP contribution in [-0.4, -0.2) is 82.4 Å². The maximum Gasteiger partial charge on any atom is 0.223 e. The largest absolute Gasteiger partial charge is 0.492 e. The average molecular weight is 495 g/mol. The Morgan fingerprint density at radius 3 is 2.39 bits per heavy atom. The summed E-state index contributed by atoms with van der Waals surface area (Å²) in [6.07, 6.45) is -0.0452. The minimum Gasteiger partial charge on any atom is -0.492 e. The molecule has 0 radical (unpaired) electrons. The first kappa shape index (κ1) is 23.7. The summed E-state index contributed by atoms with van der Waals surface area (Å²) in [4.78, 5) is 16.7. The minimum atomic E-state index is -3.60. The minimum absolute atomic E-state index is 0.0452. The van der Waals surface area contributed by atoms with Crippen LogP contribution >= 0.6 is 11.6 Å². The van der Waals surface area contributed by atoms with Gasteiger partial charge in [0.25, 0.3) is 0 Å². The first-order valence-corrected chi connectivity index (χ1v) is 12.9. The van der Waals surface area contributed by atoms with Gasteiger partial charge in [0.15, 0.2) is 21.3 Å². The average Bonchev–Trinajstić information content (AvgIpc) is 2.84. The molecule has 1 amide bonds. The highest BCUT2D eigenvalue weighted by Gasteiger charge is 2.24. The van der Waals surface area contributed by atoms with Gasteiger partial charge < -0.3 is 19.1 Å². The Morgan fingerprint density at radius 2 is 1.67 bits per heavy atom. The van der Waals surface area contributed by atoms with Gasteiger partial charge in [-0.25, -0.2) is 8.42 Å². The highest BCUT2D eigenvalue weighted by atomic mass is 35.5. The number of amides is 1. The molecule has 2 aromatic carbocycles. The van der Waals surface area contributed by atoms with Gasteiger partial charge in [-0.2, -0.15) is 0 Å². The van der Waals surface area contributed by atoms with Crippen molar-refractivity contribution in [3.05, 3.63) is 47.5 Å². The third-order valence-electron chi connectivity index (χ3n) is 5.67. The van der Waals surface area contributed by atoms with Crippen molar-refractivity contribution in [3.8, 4) is 17.2 Å². The molecule has 0 bridgehead atoms. The molecule has 1 saturated heterocycles. The molecular formula is C23H27ClN2O6S. The van der Waals surface area contributed by atoms with Gasteiger partial charge in [0.2, 0.25) is 5.91 Å². The second kappa shape index (κ2) is 10.6. The Bertz CT molecular complexity index is 1070. The maximum absolute atomic E-state index is 12.7. The number of fused-ring (bicyclic) bond motifs is 1. The number of rotatable bonds is 8. The quantitative estimate of drug-likeness (QED) is 0.557. The lowest BCUT2D eigenvalue weighted by Gasteiger charge is -2.34. The van der Waals surface area contributed by atoms with E-state index >= 15 is 0 Å². The standard InChI is InChI=1S/C23H27ClN2O6S/c24-18-1-3-19(4-2-18)30-13-12-25-8-10-26(11-9-25)23(27)7-16-33(28,29)20-5-6-21-22(17-20)32-15-14-31-21/h1-6,17H,7-16H2. The van der Waals surface area contributed by atoms with Crippen molar-refractivity contribution >= 4 is 27.3 Å². The molecule has 2 heterocycles. The second-order valence-electron chi connectivity index (χ2n) is 7.90. The Kier molecular flexibility index (Phi) is 7.62. The number of carbonyl (C=O) groups excluding carboxylic acids is 1. The summed E-state index contributed by atoms with van der Waals surface area (Å²) in [5.74, 6) is 1.35. The van der Waals surface area contributed by atoms with Crippen LogP contribution in [0.15, 0.2) is 47.4 Å². The Labute approximate surface area is 198 Å². The fourth-order valence-electron chi connectivity index (χ4n) is 3.76. The van der Waals surface area contributed by atoms with Gasteiger partial charge in [-0.15, -0.1) is 0 Å². The molecule has 4 rings (SSSR count). The van der Waals surface area contributed by atoms with Gasteiger partial charge in [0, 0.05) is 50.2 Å². The number of hydrogen-bond donors (Lipinski definition) is 0. The molecule has 0 spiro atoms. The van der Waals surface area contributed by atoms with Crippen LogP contribution in [0.3, 0.4) is 0 Å². The van der Waals surface area contributed by atoms with Crippen molar-refractivity contribution in [2.75, 3.05) is 58.3 Å². The van der Waals surface area contributed by atoms with Crippen LogP contribution in [0, 0.1) is 0 Å². The van der Waals surface area contributed by atoms with E-state index in [1.807, 2.05) is 12.1 Å². The van der Waals surface area contributed by atoms with E-state index in [-0.39, 0.29) is 23.0 Å². The zero-order chi connectivity index (χ0) is 23.3. The monoisotopic (exact) mass is 494 g/mol. The summed E-state index contributed by atoms with van der Waals surface area (Å²) in [5, 5.41) is 0.669. The van der Waals surface area contributed by atoms with Crippen molar-refractivity contribution in [3.63, 3.8) is 0 Å². The fraction of sp³-hybridized carbons (Fsp3) is 0.435. The first-order chi connectivity index (χ1) is 15.9. The molecule has 2 aliphatic rings. The van der Waals surface area contributed by atoms with Crippen LogP contribution in [0.25, 0.3) is 0 Å². The van der Waals surface area contributed by atoms with Crippen LogP contribution in [0.2, 0.25) is 5.02 Å². The first-order valence-electron chi connectivity index (χ1n) is 10.9. The number of piperazine rings is 1. The van der Waals surface area contributed by atoms with Gasteiger partial charge in [-0.1, -0.05) is 11.6 Å². The van der Waals surface area contributed by atoms with E-state index in [9.17, 15) is 13.2 Å². The normalized spacial score (nSPS) is 16.5. The van der Waals surface area contributed by atoms with E-state index < -0.39 is 9.84 Å². The number of nitrogens with zero attached hydrogens (tertiary/aromatic N) is 2. The predicted molar refractivity (Wildman–Crippen MR) is 124 cm³/mol. The Hall–Kier alpha value is -2.49. The molecule has 178 valence electrons. The lowest BCUT2D eigenvalue weighted by molar-refractivity contribution is -0.132. The highest BCUT2D eigenvalue weighted by Crippen LogP contribution is 2.32. The maximum atomic E-state index is 12.7. The molecule has 0 aromatic heterocycles. The molecule has 2 aliphatic heterocycles. The Morgan fingerprint density at radius 1 is 0.970 bits per heavy atom. The molecule has 0 saturated carbocycles. The van der Waals surface area contributed by atoms with Gasteiger partial charge in [-0.3, -0.25) is 9.69 Å². The molecule has 0 unspecified atom stereocenters. The van der Waals surface area contributed by atoms with E-state index in [4.69, 9.17) is 25.8 Å². The number of benzene rings is 2. The SMILES string of the molecule is O=C(CCS(=O)(=O)c1ccc2c(c1)OCCO2)N1CCN(CCOc2ccc(Cl)cc2)CC1. The van der Waals surface area contributed by atoms with Crippen molar-refractivity contribution in [1.82, 2.24) is 9.80 Å². The van der Waals surface area contributed by atoms with Crippen LogP contribution in [0.4, 0.5) is 0 Å². The van der Waals surface area contributed by atoms with E-state index in [1.54, 1.807) is 23.1 Å². The molecule has 1 fully saturated rings. The van der Waals surface area contributed by atoms with Crippen molar-refractivity contribution in [2.24, 2.45) is 0 Å². The zero-order valence-electron chi connectivity index (χ0n) is 18.2. The summed E-state index contributed by atoms with van der Waals surface area (Å²) in [7, 11) is -3.60. The predicted octanol–water partition coefficient (Wildman–Crippen LogP) is 2.50.